The van der Waals surface area contributed by atoms with E-state index < -0.39 is 0 Å². The van der Waals surface area contributed by atoms with Gasteiger partial charge in [-0.25, -0.2) is 4.39 Å². The van der Waals surface area contributed by atoms with Crippen LogP contribution in [-0.4, -0.2) is 30.6 Å². The van der Waals surface area contributed by atoms with Gasteiger partial charge in [0, 0.05) is 18.7 Å². The molecule has 3 aliphatic rings. The zero-order valence-corrected chi connectivity index (χ0v) is 12.3. The van der Waals surface area contributed by atoms with Crippen molar-refractivity contribution < 1.29 is 4.39 Å². The largest absolute Gasteiger partial charge is 0.397 e. The molecule has 0 radical (unpaired) electrons. The molecule has 3 saturated heterocycles. The number of hydrogen-bond donors (Lipinski definition) is 2. The van der Waals surface area contributed by atoms with E-state index in [4.69, 9.17) is 5.73 Å². The number of halogens is 2. The Morgan fingerprint density at radius 3 is 2.67 bits per heavy atom. The summed E-state index contributed by atoms with van der Waals surface area (Å²) in [6.45, 7) is 3.47. The Labute approximate surface area is 120 Å². The molecule has 0 spiro atoms. The number of hydrogen-bond acceptors (Lipinski definition) is 3. The molecule has 0 saturated carbocycles. The second kappa shape index (κ2) is 4.85. The molecule has 3 aliphatic heterocycles. The van der Waals surface area contributed by atoms with Crippen LogP contribution >= 0.6 is 22.6 Å². The number of nitrogens with zero attached hydrogens (tertiary/aromatic N) is 1. The van der Waals surface area contributed by atoms with Crippen molar-refractivity contribution in [3.63, 3.8) is 0 Å². The van der Waals surface area contributed by atoms with E-state index in [2.05, 4.69) is 10.2 Å². The summed E-state index contributed by atoms with van der Waals surface area (Å²) in [5, 5.41) is 3.44. The number of piperidine rings is 3. The molecule has 1 unspecified atom stereocenters. The van der Waals surface area contributed by atoms with Crippen molar-refractivity contribution in [3.05, 3.63) is 21.5 Å². The van der Waals surface area contributed by atoms with Gasteiger partial charge in [0.15, 0.2) is 0 Å². The Hall–Kier alpha value is -0.560. The lowest BCUT2D eigenvalue weighted by atomic mass is 9.84. The molecule has 98 valence electrons. The monoisotopic (exact) mass is 361 g/mol. The lowest BCUT2D eigenvalue weighted by Crippen LogP contribution is -2.53. The van der Waals surface area contributed by atoms with E-state index in [1.54, 1.807) is 6.07 Å². The highest BCUT2D eigenvalue weighted by Crippen LogP contribution is 2.32. The van der Waals surface area contributed by atoms with Crippen LogP contribution in [0.3, 0.4) is 0 Å². The first-order valence-corrected chi connectivity index (χ1v) is 7.45. The maximum Gasteiger partial charge on any atom is 0.138 e. The Balaban J connectivity index is 1.78. The van der Waals surface area contributed by atoms with E-state index in [0.717, 1.165) is 12.2 Å². The van der Waals surface area contributed by atoms with Gasteiger partial charge < -0.3 is 16.0 Å². The van der Waals surface area contributed by atoms with E-state index in [1.807, 2.05) is 22.6 Å². The molecule has 0 aliphatic carbocycles. The average molecular weight is 361 g/mol. The molecule has 0 aromatic heterocycles. The summed E-state index contributed by atoms with van der Waals surface area (Å²) in [4.78, 5) is 2.47. The van der Waals surface area contributed by atoms with Gasteiger partial charge in [-0.2, -0.15) is 0 Å². The van der Waals surface area contributed by atoms with Gasteiger partial charge >= 0.3 is 0 Å². The fourth-order valence-corrected chi connectivity index (χ4v) is 3.51. The van der Waals surface area contributed by atoms with E-state index in [9.17, 15) is 4.39 Å². The van der Waals surface area contributed by atoms with Gasteiger partial charge in [-0.15, -0.1) is 0 Å². The predicted molar refractivity (Wildman–Crippen MR) is 80.1 cm³/mol. The van der Waals surface area contributed by atoms with Crippen LogP contribution in [0.4, 0.5) is 15.8 Å². The molecule has 1 atom stereocenters. The van der Waals surface area contributed by atoms with Gasteiger partial charge in [0.1, 0.15) is 5.82 Å². The first kappa shape index (κ1) is 12.5. The van der Waals surface area contributed by atoms with Crippen molar-refractivity contribution in [1.29, 1.82) is 0 Å². The quantitative estimate of drug-likeness (QED) is 0.628. The van der Waals surface area contributed by atoms with Crippen molar-refractivity contribution in [2.24, 2.45) is 5.92 Å². The lowest BCUT2D eigenvalue weighted by Gasteiger charge is -2.45. The molecular weight excluding hydrogens is 344 g/mol. The van der Waals surface area contributed by atoms with Gasteiger partial charge in [0.05, 0.1) is 14.9 Å². The van der Waals surface area contributed by atoms with Crippen LogP contribution in [-0.2, 0) is 0 Å². The summed E-state index contributed by atoms with van der Waals surface area (Å²) >= 11 is 1.96. The van der Waals surface area contributed by atoms with Crippen LogP contribution in [0, 0.1) is 15.3 Å². The third kappa shape index (κ3) is 2.30. The Kier molecular flexibility index (Phi) is 3.36. The zero-order chi connectivity index (χ0) is 12.7. The summed E-state index contributed by atoms with van der Waals surface area (Å²) in [5.74, 6) is 0.505. The number of rotatable bonds is 2. The van der Waals surface area contributed by atoms with Gasteiger partial charge in [-0.3, -0.25) is 0 Å². The summed E-state index contributed by atoms with van der Waals surface area (Å²) in [6, 6.07) is 3.63. The zero-order valence-electron chi connectivity index (χ0n) is 10.1. The van der Waals surface area contributed by atoms with Crippen LogP contribution in [0.2, 0.25) is 0 Å². The first-order valence-electron chi connectivity index (χ1n) is 6.37. The van der Waals surface area contributed by atoms with Gasteiger partial charge in [0.25, 0.3) is 0 Å². The van der Waals surface area contributed by atoms with Crippen molar-refractivity contribution >= 4 is 34.0 Å². The standard InChI is InChI=1S/C13H17FIN3/c14-9-5-12(11(16)6-10(9)15)17-13-7-18-3-1-8(13)2-4-18/h5-6,8,13,17H,1-4,7,16H2. The normalized spacial score (nSPS) is 30.4. The highest BCUT2D eigenvalue weighted by atomic mass is 127. The van der Waals surface area contributed by atoms with Crippen molar-refractivity contribution in [1.82, 2.24) is 4.90 Å². The Bertz CT molecular complexity index is 458. The first-order chi connectivity index (χ1) is 8.63. The molecule has 1 aromatic rings. The predicted octanol–water partition coefficient (Wildman–Crippen LogP) is 2.52. The molecule has 3 heterocycles. The number of anilines is 2. The Morgan fingerprint density at radius 2 is 2.06 bits per heavy atom. The number of nitrogens with two attached hydrogens (primary N) is 1. The summed E-state index contributed by atoms with van der Waals surface area (Å²) < 4.78 is 14.2. The highest BCUT2D eigenvalue weighted by molar-refractivity contribution is 14.1. The van der Waals surface area contributed by atoms with Crippen molar-refractivity contribution in [3.8, 4) is 0 Å². The van der Waals surface area contributed by atoms with E-state index in [0.29, 0.717) is 21.2 Å². The van der Waals surface area contributed by atoms with E-state index in [-0.39, 0.29) is 5.82 Å². The second-order valence-corrected chi connectivity index (χ2v) is 6.40. The van der Waals surface area contributed by atoms with Crippen LogP contribution in [0.1, 0.15) is 12.8 Å². The number of fused-ring (bicyclic) bond motifs is 3. The Morgan fingerprint density at radius 1 is 1.33 bits per heavy atom. The molecule has 0 amide bonds. The molecule has 18 heavy (non-hydrogen) atoms. The third-order valence-corrected chi connectivity index (χ3v) is 4.92. The van der Waals surface area contributed by atoms with Crippen LogP contribution in [0.5, 0.6) is 0 Å². The van der Waals surface area contributed by atoms with Gasteiger partial charge in [0.2, 0.25) is 0 Å². The summed E-state index contributed by atoms with van der Waals surface area (Å²) in [7, 11) is 0. The average Bonchev–Trinajstić information content (AvgIpc) is 2.37. The molecule has 3 nitrogen and oxygen atoms in total. The maximum atomic E-state index is 13.6. The van der Waals surface area contributed by atoms with Crippen molar-refractivity contribution in [2.75, 3.05) is 30.7 Å². The fraction of sp³-hybridized carbons (Fsp3) is 0.538. The number of benzene rings is 1. The minimum atomic E-state index is -0.200. The molecule has 3 N–H and O–H groups in total. The van der Waals surface area contributed by atoms with Gasteiger partial charge in [-0.05, 0) is 60.5 Å². The smallest absolute Gasteiger partial charge is 0.138 e. The molecule has 4 rings (SSSR count). The highest BCUT2D eigenvalue weighted by Gasteiger charge is 2.34. The van der Waals surface area contributed by atoms with Gasteiger partial charge in [-0.1, -0.05) is 0 Å². The molecule has 2 bridgehead atoms. The molecule has 5 heteroatoms. The summed E-state index contributed by atoms with van der Waals surface area (Å²) in [5.41, 5.74) is 7.34. The van der Waals surface area contributed by atoms with E-state index in [1.165, 1.54) is 32.0 Å². The van der Waals surface area contributed by atoms with Crippen molar-refractivity contribution in [2.45, 2.75) is 18.9 Å². The number of nitrogens with one attached hydrogen (secondary N) is 1. The van der Waals surface area contributed by atoms with Crippen LogP contribution in [0.25, 0.3) is 0 Å². The number of nitrogen functional groups attached to an aromatic ring is 1. The third-order valence-electron chi connectivity index (χ3n) is 4.09. The maximum absolute atomic E-state index is 13.6. The summed E-state index contributed by atoms with van der Waals surface area (Å²) in [6.07, 6.45) is 2.48. The van der Waals surface area contributed by atoms with Crippen LogP contribution in [0.15, 0.2) is 12.1 Å². The minimum absolute atomic E-state index is 0.200. The minimum Gasteiger partial charge on any atom is -0.397 e. The van der Waals surface area contributed by atoms with E-state index >= 15 is 0 Å². The lowest BCUT2D eigenvalue weighted by molar-refractivity contribution is 0.0975. The molecule has 3 fully saturated rings. The van der Waals surface area contributed by atoms with Crippen LogP contribution < -0.4 is 11.1 Å². The molecular formula is C13H17FIN3. The fourth-order valence-electron chi connectivity index (χ4n) is 3.02. The molecule has 1 aromatic carbocycles. The second-order valence-electron chi connectivity index (χ2n) is 5.24. The topological polar surface area (TPSA) is 41.3 Å². The SMILES string of the molecule is Nc1cc(I)c(F)cc1NC1CN2CCC1CC2.